The van der Waals surface area contributed by atoms with Gasteiger partial charge in [0.25, 0.3) is 0 Å². The molecule has 2 aliphatic heterocycles. The molecule has 8 heteroatoms. The highest BCUT2D eigenvalue weighted by Gasteiger charge is 2.26. The Kier molecular flexibility index (Phi) is 6.29. The molecule has 4 rings (SSSR count). The first-order valence-electron chi connectivity index (χ1n) is 10.4. The summed E-state index contributed by atoms with van der Waals surface area (Å²) in [5, 5.41) is 9.04. The summed E-state index contributed by atoms with van der Waals surface area (Å²) in [5.41, 5.74) is 1.12. The first-order chi connectivity index (χ1) is 13.7. The summed E-state index contributed by atoms with van der Waals surface area (Å²) in [6.07, 6.45) is 5.00. The molecule has 2 aromatic rings. The molecule has 0 aromatic carbocycles. The second kappa shape index (κ2) is 9.07. The monoisotopic (exact) mass is 385 g/mol. The third-order valence-corrected chi connectivity index (χ3v) is 5.89. The van der Waals surface area contributed by atoms with E-state index >= 15 is 0 Å². The molecule has 0 unspecified atom stereocenters. The van der Waals surface area contributed by atoms with Crippen LogP contribution in [0.1, 0.15) is 48.9 Å². The molecular formula is C20H31N7O. The van der Waals surface area contributed by atoms with E-state index in [0.29, 0.717) is 5.92 Å². The van der Waals surface area contributed by atoms with Gasteiger partial charge in [-0.05, 0) is 32.0 Å². The molecule has 0 saturated carbocycles. The lowest BCUT2D eigenvalue weighted by molar-refractivity contribution is 0.0326. The van der Waals surface area contributed by atoms with Crippen molar-refractivity contribution < 1.29 is 4.74 Å². The summed E-state index contributed by atoms with van der Waals surface area (Å²) in [7, 11) is 2.12. The Hall–Kier alpha value is -1.90. The van der Waals surface area contributed by atoms with E-state index in [4.69, 9.17) is 4.74 Å². The van der Waals surface area contributed by atoms with Crippen molar-refractivity contribution in [1.29, 1.82) is 0 Å². The van der Waals surface area contributed by atoms with Crippen molar-refractivity contribution in [2.24, 2.45) is 7.05 Å². The van der Waals surface area contributed by atoms with Crippen LogP contribution in [0, 0.1) is 0 Å². The van der Waals surface area contributed by atoms with Crippen molar-refractivity contribution in [3.8, 4) is 0 Å². The van der Waals surface area contributed by atoms with E-state index in [1.807, 2.05) is 12.3 Å². The third kappa shape index (κ3) is 4.56. The minimum Gasteiger partial charge on any atom is -0.379 e. The van der Waals surface area contributed by atoms with Gasteiger partial charge in [-0.2, -0.15) is 0 Å². The number of aryl methyl sites for hydroxylation is 1. The second-order valence-corrected chi connectivity index (χ2v) is 7.79. The Balaban J connectivity index is 1.32. The van der Waals surface area contributed by atoms with Gasteiger partial charge in [-0.15, -0.1) is 10.2 Å². The number of likely N-dealkylation sites (tertiary alicyclic amines) is 1. The van der Waals surface area contributed by atoms with E-state index in [1.54, 1.807) is 0 Å². The van der Waals surface area contributed by atoms with Crippen LogP contribution in [0.4, 0.5) is 0 Å². The maximum Gasteiger partial charge on any atom is 0.146 e. The molecule has 2 saturated heterocycles. The van der Waals surface area contributed by atoms with Crippen molar-refractivity contribution in [2.45, 2.75) is 45.2 Å². The zero-order valence-corrected chi connectivity index (χ0v) is 17.0. The van der Waals surface area contributed by atoms with Crippen LogP contribution in [0.3, 0.4) is 0 Å². The van der Waals surface area contributed by atoms with Gasteiger partial charge in [-0.25, -0.2) is 9.97 Å². The molecule has 28 heavy (non-hydrogen) atoms. The predicted octanol–water partition coefficient (Wildman–Crippen LogP) is 1.38. The van der Waals surface area contributed by atoms with Crippen molar-refractivity contribution in [1.82, 2.24) is 34.5 Å². The number of hydrogen-bond donors (Lipinski definition) is 0. The van der Waals surface area contributed by atoms with E-state index in [1.165, 1.54) is 0 Å². The largest absolute Gasteiger partial charge is 0.379 e. The van der Waals surface area contributed by atoms with E-state index < -0.39 is 0 Å². The second-order valence-electron chi connectivity index (χ2n) is 7.79. The van der Waals surface area contributed by atoms with Gasteiger partial charge in [0.15, 0.2) is 0 Å². The van der Waals surface area contributed by atoms with E-state index in [2.05, 4.69) is 48.5 Å². The molecule has 152 valence electrons. The van der Waals surface area contributed by atoms with E-state index in [0.717, 1.165) is 94.9 Å². The summed E-state index contributed by atoms with van der Waals surface area (Å²) in [6, 6.07) is 2.03. The molecular weight excluding hydrogens is 354 g/mol. The van der Waals surface area contributed by atoms with E-state index in [9.17, 15) is 0 Å². The smallest absolute Gasteiger partial charge is 0.146 e. The normalized spacial score (nSPS) is 19.9. The van der Waals surface area contributed by atoms with Gasteiger partial charge in [0.1, 0.15) is 17.5 Å². The Labute approximate surface area is 166 Å². The summed E-state index contributed by atoms with van der Waals surface area (Å²) in [6.45, 7) is 9.59. The number of nitrogens with zero attached hydrogens (tertiary/aromatic N) is 7. The molecule has 0 amide bonds. The van der Waals surface area contributed by atoms with Crippen LogP contribution in [0.15, 0.2) is 12.3 Å². The zero-order chi connectivity index (χ0) is 19.3. The quantitative estimate of drug-likeness (QED) is 0.744. The molecule has 0 spiro atoms. The average molecular weight is 386 g/mol. The van der Waals surface area contributed by atoms with Gasteiger partial charge in [-0.1, -0.05) is 6.92 Å². The lowest BCUT2D eigenvalue weighted by Crippen LogP contribution is -2.36. The fourth-order valence-corrected chi connectivity index (χ4v) is 4.11. The first-order valence-corrected chi connectivity index (χ1v) is 10.4. The molecule has 2 fully saturated rings. The number of hydrogen-bond acceptors (Lipinski definition) is 7. The molecule has 4 heterocycles. The molecule has 0 bridgehead atoms. The van der Waals surface area contributed by atoms with Crippen LogP contribution in [0.25, 0.3) is 0 Å². The van der Waals surface area contributed by atoms with Crippen LogP contribution >= 0.6 is 0 Å². The minimum atomic E-state index is 0.490. The average Bonchev–Trinajstić information content (AvgIpc) is 3.10. The Bertz CT molecular complexity index is 764. The molecule has 2 aromatic heterocycles. The number of rotatable bonds is 6. The van der Waals surface area contributed by atoms with Gasteiger partial charge in [0, 0.05) is 45.2 Å². The lowest BCUT2D eigenvalue weighted by atomic mass is 9.96. The van der Waals surface area contributed by atoms with Crippen LogP contribution in [-0.2, 0) is 31.3 Å². The van der Waals surface area contributed by atoms with Gasteiger partial charge in [0.05, 0.1) is 25.5 Å². The molecule has 2 aliphatic rings. The first kappa shape index (κ1) is 19.4. The topological polar surface area (TPSA) is 72.2 Å². The molecule has 0 radical (unpaired) electrons. The lowest BCUT2D eigenvalue weighted by Gasteiger charge is -2.31. The highest BCUT2D eigenvalue weighted by Crippen LogP contribution is 2.27. The van der Waals surface area contributed by atoms with Crippen molar-refractivity contribution in [3.63, 3.8) is 0 Å². The van der Waals surface area contributed by atoms with Crippen molar-refractivity contribution in [3.05, 3.63) is 35.4 Å². The minimum absolute atomic E-state index is 0.490. The van der Waals surface area contributed by atoms with Gasteiger partial charge in [-0.3, -0.25) is 9.80 Å². The number of aromatic nitrogens is 5. The van der Waals surface area contributed by atoms with Crippen molar-refractivity contribution >= 4 is 0 Å². The number of ether oxygens (including phenoxy) is 1. The highest BCUT2D eigenvalue weighted by atomic mass is 16.5. The molecule has 0 atom stereocenters. The standard InChI is InChI=1S/C20H31N7O/c1-3-18-21-7-4-17(22-18)14-26-8-5-16(6-9-26)20-24-23-19(25(20)2)15-27-10-12-28-13-11-27/h4,7,16H,3,5-6,8-15H2,1-2H3. The summed E-state index contributed by atoms with van der Waals surface area (Å²) in [4.78, 5) is 13.8. The van der Waals surface area contributed by atoms with Crippen LogP contribution < -0.4 is 0 Å². The summed E-state index contributed by atoms with van der Waals surface area (Å²) >= 11 is 0. The van der Waals surface area contributed by atoms with Crippen molar-refractivity contribution in [2.75, 3.05) is 39.4 Å². The fourth-order valence-electron chi connectivity index (χ4n) is 4.11. The SMILES string of the molecule is CCc1nccc(CN2CCC(c3nnc(CN4CCOCC4)n3C)CC2)n1. The zero-order valence-electron chi connectivity index (χ0n) is 17.0. The maximum absolute atomic E-state index is 5.44. The number of morpholine rings is 1. The highest BCUT2D eigenvalue weighted by molar-refractivity contribution is 5.06. The van der Waals surface area contributed by atoms with Crippen LogP contribution in [0.5, 0.6) is 0 Å². The summed E-state index contributed by atoms with van der Waals surface area (Å²) < 4.78 is 7.65. The Morgan fingerprint density at radius 1 is 1.04 bits per heavy atom. The third-order valence-electron chi connectivity index (χ3n) is 5.89. The maximum atomic E-state index is 5.44. The Morgan fingerprint density at radius 3 is 2.54 bits per heavy atom. The number of piperidine rings is 1. The molecule has 8 nitrogen and oxygen atoms in total. The Morgan fingerprint density at radius 2 is 1.79 bits per heavy atom. The van der Waals surface area contributed by atoms with Gasteiger partial charge >= 0.3 is 0 Å². The fraction of sp³-hybridized carbons (Fsp3) is 0.700. The van der Waals surface area contributed by atoms with E-state index in [-0.39, 0.29) is 0 Å². The van der Waals surface area contributed by atoms with Gasteiger partial charge < -0.3 is 9.30 Å². The summed E-state index contributed by atoms with van der Waals surface area (Å²) in [5.74, 6) is 3.62. The van der Waals surface area contributed by atoms with Crippen LogP contribution in [-0.4, -0.2) is 73.9 Å². The molecule has 0 N–H and O–H groups in total. The predicted molar refractivity (Wildman–Crippen MR) is 106 cm³/mol. The molecule has 0 aliphatic carbocycles. The van der Waals surface area contributed by atoms with Gasteiger partial charge in [0.2, 0.25) is 0 Å². The van der Waals surface area contributed by atoms with Crippen LogP contribution in [0.2, 0.25) is 0 Å².